The summed E-state index contributed by atoms with van der Waals surface area (Å²) in [5.74, 6) is 2.54. The van der Waals surface area contributed by atoms with Gasteiger partial charge in [0.05, 0.1) is 0 Å². The van der Waals surface area contributed by atoms with Gasteiger partial charge >= 0.3 is 12.0 Å². The number of primary amides is 1. The van der Waals surface area contributed by atoms with Crippen LogP contribution >= 0.6 is 0 Å². The Kier molecular flexibility index (Phi) is 7.60. The second kappa shape index (κ2) is 11.1. The molecule has 1 aliphatic heterocycles. The molecule has 6 fully saturated rings. The molecule has 0 radical (unpaired) electrons. The number of likely N-dealkylation sites (tertiary alicyclic amines) is 1. The maximum Gasteiger partial charge on any atom is 0.325 e. The van der Waals surface area contributed by atoms with Crippen molar-refractivity contribution in [3.8, 4) is 0 Å². The van der Waals surface area contributed by atoms with E-state index < -0.39 is 12.1 Å². The van der Waals surface area contributed by atoms with E-state index in [1.807, 2.05) is 31.2 Å². The van der Waals surface area contributed by atoms with Crippen LogP contribution in [-0.4, -0.2) is 47.5 Å². The van der Waals surface area contributed by atoms with E-state index >= 15 is 0 Å². The van der Waals surface area contributed by atoms with Crippen LogP contribution in [0.3, 0.4) is 0 Å². The number of anilines is 1. The number of carbonyl (C=O) groups is 3. The summed E-state index contributed by atoms with van der Waals surface area (Å²) in [4.78, 5) is 44.0. The van der Waals surface area contributed by atoms with Crippen molar-refractivity contribution in [2.75, 3.05) is 11.4 Å². The first-order chi connectivity index (χ1) is 18.9. The van der Waals surface area contributed by atoms with Crippen molar-refractivity contribution >= 4 is 23.6 Å². The van der Waals surface area contributed by atoms with Gasteiger partial charge in [-0.1, -0.05) is 31.4 Å². The number of esters is 1. The summed E-state index contributed by atoms with van der Waals surface area (Å²) in [6.07, 6.45) is 14.0. The zero-order chi connectivity index (χ0) is 27.1. The SMILES string of the molecule is Cc1cccc(N(C(N)=O)C2CCCC(C3CCCCC3)N(CC(=O)OC3C4CC5CC(C4)CC3C5)C2=O)c1. The molecular formula is C32H45N3O4. The van der Waals surface area contributed by atoms with E-state index in [4.69, 9.17) is 10.5 Å². The smallest absolute Gasteiger partial charge is 0.325 e. The predicted octanol–water partition coefficient (Wildman–Crippen LogP) is 5.58. The molecule has 3 amide bonds. The molecule has 7 heteroatoms. The fourth-order valence-electron chi connectivity index (χ4n) is 9.23. The number of hydrogen-bond acceptors (Lipinski definition) is 4. The maximum absolute atomic E-state index is 14.3. The van der Waals surface area contributed by atoms with Crippen molar-refractivity contribution < 1.29 is 19.1 Å². The molecule has 2 unspecified atom stereocenters. The van der Waals surface area contributed by atoms with Gasteiger partial charge < -0.3 is 15.4 Å². The van der Waals surface area contributed by atoms with E-state index in [0.29, 0.717) is 29.9 Å². The molecule has 1 aromatic carbocycles. The normalized spacial score (nSPS) is 34.5. The first-order valence-corrected chi connectivity index (χ1v) is 15.5. The fourth-order valence-corrected chi connectivity index (χ4v) is 9.23. The number of urea groups is 1. The van der Waals surface area contributed by atoms with Gasteiger partial charge in [0.15, 0.2) is 0 Å². The molecule has 7 nitrogen and oxygen atoms in total. The largest absolute Gasteiger partial charge is 0.460 e. The number of benzene rings is 1. The first kappa shape index (κ1) is 26.6. The molecule has 212 valence electrons. The van der Waals surface area contributed by atoms with Gasteiger partial charge in [0.25, 0.3) is 0 Å². The van der Waals surface area contributed by atoms with Gasteiger partial charge in [0, 0.05) is 11.7 Å². The van der Waals surface area contributed by atoms with E-state index in [-0.39, 0.29) is 30.6 Å². The van der Waals surface area contributed by atoms with Crippen LogP contribution in [0.5, 0.6) is 0 Å². The van der Waals surface area contributed by atoms with Crippen LogP contribution in [0.1, 0.15) is 89.0 Å². The number of amides is 3. The highest BCUT2D eigenvalue weighted by Gasteiger charge is 2.50. The van der Waals surface area contributed by atoms with E-state index in [2.05, 4.69) is 0 Å². The highest BCUT2D eigenvalue weighted by Crippen LogP contribution is 2.54. The standard InChI is InChI=1S/C32H45N3O4/c1-20-7-5-10-26(13-20)35(32(33)38)28-12-6-11-27(23-8-3-2-4-9-23)34(31(28)37)19-29(36)39-30-24-15-21-14-22(17-24)18-25(30)16-21/h5,7,10,13,21-25,27-28,30H,2-4,6,8-9,11-12,14-19H2,1H3,(H2,33,38). The number of carbonyl (C=O) groups excluding carboxylic acids is 3. The van der Waals surface area contributed by atoms with Crippen LogP contribution in [-0.2, 0) is 14.3 Å². The Morgan fingerprint density at radius 2 is 1.62 bits per heavy atom. The van der Waals surface area contributed by atoms with E-state index in [1.54, 1.807) is 4.90 Å². The van der Waals surface area contributed by atoms with E-state index in [1.165, 1.54) is 56.3 Å². The second-order valence-corrected chi connectivity index (χ2v) is 13.3. The molecule has 39 heavy (non-hydrogen) atoms. The lowest BCUT2D eigenvalue weighted by atomic mass is 9.55. The number of ether oxygens (including phenoxy) is 1. The fraction of sp³-hybridized carbons (Fsp3) is 0.719. The molecule has 1 aromatic rings. The summed E-state index contributed by atoms with van der Waals surface area (Å²) < 4.78 is 6.26. The minimum Gasteiger partial charge on any atom is -0.460 e. The molecule has 1 saturated heterocycles. The Labute approximate surface area is 232 Å². The van der Waals surface area contributed by atoms with Crippen LogP contribution in [0.4, 0.5) is 10.5 Å². The lowest BCUT2D eigenvalue weighted by Gasteiger charge is -2.53. The summed E-state index contributed by atoms with van der Waals surface area (Å²) in [6.45, 7) is 1.93. The Morgan fingerprint density at radius 1 is 0.923 bits per heavy atom. The van der Waals surface area contributed by atoms with Gasteiger partial charge in [-0.3, -0.25) is 14.5 Å². The van der Waals surface area contributed by atoms with E-state index in [9.17, 15) is 14.4 Å². The average Bonchev–Trinajstić information content (AvgIpc) is 3.05. The van der Waals surface area contributed by atoms with Crippen molar-refractivity contribution in [3.63, 3.8) is 0 Å². The molecule has 5 aliphatic carbocycles. The van der Waals surface area contributed by atoms with Crippen LogP contribution < -0.4 is 10.6 Å². The number of hydrogen-bond donors (Lipinski definition) is 1. The molecule has 4 bridgehead atoms. The minimum atomic E-state index is -0.716. The summed E-state index contributed by atoms with van der Waals surface area (Å²) in [6, 6.07) is 6.22. The molecular weight excluding hydrogens is 490 g/mol. The summed E-state index contributed by atoms with van der Waals surface area (Å²) >= 11 is 0. The Balaban J connectivity index is 1.24. The third kappa shape index (κ3) is 5.43. The van der Waals surface area contributed by atoms with Gasteiger partial charge in [-0.2, -0.15) is 0 Å². The highest BCUT2D eigenvalue weighted by atomic mass is 16.5. The minimum absolute atomic E-state index is 0.00101. The van der Waals surface area contributed by atoms with E-state index in [0.717, 1.165) is 43.1 Å². The number of aryl methyl sites for hydroxylation is 1. The lowest BCUT2D eigenvalue weighted by molar-refractivity contribution is -0.174. The van der Waals surface area contributed by atoms with Gasteiger partial charge in [-0.15, -0.1) is 0 Å². The Bertz CT molecular complexity index is 1050. The van der Waals surface area contributed by atoms with Crippen LogP contribution in [0.15, 0.2) is 24.3 Å². The third-order valence-corrected chi connectivity index (χ3v) is 10.7. The summed E-state index contributed by atoms with van der Waals surface area (Å²) in [5, 5.41) is 0. The summed E-state index contributed by atoms with van der Waals surface area (Å²) in [5.41, 5.74) is 7.53. The second-order valence-electron chi connectivity index (χ2n) is 13.3. The number of nitrogens with two attached hydrogens (primary N) is 1. The molecule has 7 rings (SSSR count). The van der Waals surface area contributed by atoms with Crippen LogP contribution in [0.25, 0.3) is 0 Å². The van der Waals surface area contributed by atoms with Gasteiger partial charge in [-0.05, 0) is 118 Å². The monoisotopic (exact) mass is 535 g/mol. The number of rotatable bonds is 6. The summed E-state index contributed by atoms with van der Waals surface area (Å²) in [7, 11) is 0. The molecule has 2 N–H and O–H groups in total. The zero-order valence-electron chi connectivity index (χ0n) is 23.4. The Hall–Kier alpha value is -2.57. The maximum atomic E-state index is 14.3. The highest BCUT2D eigenvalue weighted by molar-refractivity contribution is 6.00. The van der Waals surface area contributed by atoms with Crippen molar-refractivity contribution in [1.82, 2.24) is 4.90 Å². The number of nitrogens with zero attached hydrogens (tertiary/aromatic N) is 2. The van der Waals surface area contributed by atoms with Crippen molar-refractivity contribution in [2.24, 2.45) is 35.3 Å². The van der Waals surface area contributed by atoms with Crippen molar-refractivity contribution in [3.05, 3.63) is 29.8 Å². The molecule has 0 spiro atoms. The first-order valence-electron chi connectivity index (χ1n) is 15.5. The average molecular weight is 536 g/mol. The lowest BCUT2D eigenvalue weighted by Crippen LogP contribution is -2.56. The van der Waals surface area contributed by atoms with Gasteiger partial charge in [-0.25, -0.2) is 4.79 Å². The molecule has 5 saturated carbocycles. The Morgan fingerprint density at radius 3 is 2.26 bits per heavy atom. The van der Waals surface area contributed by atoms with Crippen molar-refractivity contribution in [2.45, 2.75) is 109 Å². The van der Waals surface area contributed by atoms with Crippen molar-refractivity contribution in [1.29, 1.82) is 0 Å². The third-order valence-electron chi connectivity index (χ3n) is 10.7. The molecule has 1 heterocycles. The van der Waals surface area contributed by atoms with Crippen LogP contribution in [0, 0.1) is 36.5 Å². The molecule has 2 atom stereocenters. The van der Waals surface area contributed by atoms with Gasteiger partial charge in [0.1, 0.15) is 18.7 Å². The topological polar surface area (TPSA) is 92.9 Å². The quantitative estimate of drug-likeness (QED) is 0.482. The zero-order valence-corrected chi connectivity index (χ0v) is 23.4. The predicted molar refractivity (Wildman–Crippen MR) is 150 cm³/mol. The molecule has 6 aliphatic rings. The molecule has 0 aromatic heterocycles. The van der Waals surface area contributed by atoms with Crippen LogP contribution in [0.2, 0.25) is 0 Å². The van der Waals surface area contributed by atoms with Gasteiger partial charge in [0.2, 0.25) is 5.91 Å².